The molecule has 3 aromatic carbocycles. The van der Waals surface area contributed by atoms with Gasteiger partial charge in [-0.2, -0.15) is 15.6 Å². The standard InChI is InChI=1S/C26H18N4O/c27-16-21(17-28)15-23-18-30(24-9-5-2-6-10-24)29-26(23)22-11-13-25(14-12-22)31-19-20-7-3-1-4-8-20/h1-15,18H,19H2. The fraction of sp³-hybridized carbons (Fsp3) is 0.0385. The van der Waals surface area contributed by atoms with E-state index in [-0.39, 0.29) is 5.57 Å². The van der Waals surface area contributed by atoms with Crippen LogP contribution in [-0.2, 0) is 6.61 Å². The second-order valence-corrected chi connectivity index (χ2v) is 6.79. The van der Waals surface area contributed by atoms with E-state index in [9.17, 15) is 10.5 Å². The van der Waals surface area contributed by atoms with E-state index in [2.05, 4.69) is 0 Å². The van der Waals surface area contributed by atoms with E-state index < -0.39 is 0 Å². The molecule has 0 atom stereocenters. The Hall–Kier alpha value is -4.61. The van der Waals surface area contributed by atoms with Gasteiger partial charge >= 0.3 is 0 Å². The van der Waals surface area contributed by atoms with Crippen LogP contribution in [0.3, 0.4) is 0 Å². The molecule has 0 spiro atoms. The van der Waals surface area contributed by atoms with Crippen LogP contribution in [0.2, 0.25) is 0 Å². The summed E-state index contributed by atoms with van der Waals surface area (Å²) >= 11 is 0. The van der Waals surface area contributed by atoms with Gasteiger partial charge in [0.2, 0.25) is 0 Å². The predicted molar refractivity (Wildman–Crippen MR) is 119 cm³/mol. The van der Waals surface area contributed by atoms with Crippen LogP contribution in [0.1, 0.15) is 11.1 Å². The first-order valence-electron chi connectivity index (χ1n) is 9.71. The monoisotopic (exact) mass is 402 g/mol. The Labute approximate surface area is 180 Å². The Balaban J connectivity index is 1.64. The van der Waals surface area contributed by atoms with Crippen LogP contribution >= 0.6 is 0 Å². The van der Waals surface area contributed by atoms with Crippen LogP contribution in [0.25, 0.3) is 23.0 Å². The number of hydrogen-bond donors (Lipinski definition) is 0. The van der Waals surface area contributed by atoms with Gasteiger partial charge in [-0.25, -0.2) is 4.68 Å². The molecule has 148 valence electrons. The van der Waals surface area contributed by atoms with Crippen LogP contribution in [0, 0.1) is 22.7 Å². The molecule has 4 rings (SSSR count). The zero-order chi connectivity index (χ0) is 21.5. The highest BCUT2D eigenvalue weighted by Gasteiger charge is 2.12. The van der Waals surface area contributed by atoms with Gasteiger partial charge in [-0.1, -0.05) is 48.5 Å². The molecule has 0 aliphatic heterocycles. The lowest BCUT2D eigenvalue weighted by Crippen LogP contribution is -1.95. The minimum absolute atomic E-state index is 0.0247. The van der Waals surface area contributed by atoms with Crippen molar-refractivity contribution in [2.75, 3.05) is 0 Å². The fourth-order valence-electron chi connectivity index (χ4n) is 3.13. The Kier molecular flexibility index (Phi) is 5.88. The summed E-state index contributed by atoms with van der Waals surface area (Å²) in [5.41, 5.74) is 4.25. The number of rotatable bonds is 6. The molecule has 0 saturated heterocycles. The molecular weight excluding hydrogens is 384 g/mol. The van der Waals surface area contributed by atoms with Crippen LogP contribution < -0.4 is 4.74 Å². The first-order chi connectivity index (χ1) is 15.3. The molecule has 0 radical (unpaired) electrons. The van der Waals surface area contributed by atoms with E-state index in [1.807, 2.05) is 103 Å². The average Bonchev–Trinajstić information content (AvgIpc) is 3.26. The number of nitrogens with zero attached hydrogens (tertiary/aromatic N) is 4. The summed E-state index contributed by atoms with van der Waals surface area (Å²) in [5, 5.41) is 23.1. The van der Waals surface area contributed by atoms with Crippen molar-refractivity contribution in [1.29, 1.82) is 10.5 Å². The van der Waals surface area contributed by atoms with Gasteiger partial charge in [0, 0.05) is 17.3 Å². The molecule has 4 aromatic rings. The summed E-state index contributed by atoms with van der Waals surface area (Å²) in [4.78, 5) is 0. The lowest BCUT2D eigenvalue weighted by Gasteiger charge is -2.07. The molecule has 5 heteroatoms. The summed E-state index contributed by atoms with van der Waals surface area (Å²) in [6.07, 6.45) is 3.38. The highest BCUT2D eigenvalue weighted by molar-refractivity contribution is 5.75. The molecule has 1 aromatic heterocycles. The van der Waals surface area contributed by atoms with E-state index in [1.54, 1.807) is 10.8 Å². The first-order valence-corrected chi connectivity index (χ1v) is 9.71. The van der Waals surface area contributed by atoms with E-state index in [0.717, 1.165) is 22.6 Å². The highest BCUT2D eigenvalue weighted by atomic mass is 16.5. The highest BCUT2D eigenvalue weighted by Crippen LogP contribution is 2.27. The summed E-state index contributed by atoms with van der Waals surface area (Å²) in [7, 11) is 0. The van der Waals surface area contributed by atoms with E-state index >= 15 is 0 Å². The van der Waals surface area contributed by atoms with Crippen molar-refractivity contribution in [3.63, 3.8) is 0 Å². The van der Waals surface area contributed by atoms with E-state index in [0.29, 0.717) is 17.9 Å². The molecule has 31 heavy (non-hydrogen) atoms. The van der Waals surface area contributed by atoms with Gasteiger partial charge in [0.05, 0.1) is 5.69 Å². The molecule has 0 unspecified atom stereocenters. The van der Waals surface area contributed by atoms with Gasteiger partial charge in [-0.3, -0.25) is 0 Å². The second-order valence-electron chi connectivity index (χ2n) is 6.79. The summed E-state index contributed by atoms with van der Waals surface area (Å²) in [5.74, 6) is 0.752. The SMILES string of the molecule is N#CC(C#N)=Cc1cn(-c2ccccc2)nc1-c1ccc(OCc2ccccc2)cc1. The number of nitriles is 2. The van der Waals surface area contributed by atoms with Gasteiger partial charge in [-0.05, 0) is 48.0 Å². The molecule has 0 fully saturated rings. The summed E-state index contributed by atoms with van der Waals surface area (Å²) in [6.45, 7) is 0.491. The zero-order valence-corrected chi connectivity index (χ0v) is 16.6. The largest absolute Gasteiger partial charge is 0.489 e. The van der Waals surface area contributed by atoms with E-state index in [1.165, 1.54) is 0 Å². The van der Waals surface area contributed by atoms with Crippen molar-refractivity contribution in [3.8, 4) is 34.8 Å². The van der Waals surface area contributed by atoms with Crippen molar-refractivity contribution in [3.05, 3.63) is 108 Å². The molecule has 0 amide bonds. The number of benzene rings is 3. The third-order valence-corrected chi connectivity index (χ3v) is 4.68. The molecule has 5 nitrogen and oxygen atoms in total. The van der Waals surface area contributed by atoms with Crippen molar-refractivity contribution < 1.29 is 4.74 Å². The van der Waals surface area contributed by atoms with Gasteiger partial charge in [0.15, 0.2) is 0 Å². The number of ether oxygens (including phenoxy) is 1. The summed E-state index contributed by atoms with van der Waals surface area (Å²) in [6, 6.07) is 31.1. The van der Waals surface area contributed by atoms with E-state index in [4.69, 9.17) is 9.84 Å². The average molecular weight is 402 g/mol. The van der Waals surface area contributed by atoms with Crippen molar-refractivity contribution >= 4 is 6.08 Å². The second kappa shape index (κ2) is 9.26. The van der Waals surface area contributed by atoms with Crippen LogP contribution in [0.4, 0.5) is 0 Å². The smallest absolute Gasteiger partial charge is 0.130 e. The minimum Gasteiger partial charge on any atom is -0.489 e. The van der Waals surface area contributed by atoms with Gasteiger partial charge in [-0.15, -0.1) is 0 Å². The maximum atomic E-state index is 9.18. The molecule has 1 heterocycles. The Morgan fingerprint density at radius 1 is 0.871 bits per heavy atom. The number of hydrogen-bond acceptors (Lipinski definition) is 4. The van der Waals surface area contributed by atoms with Crippen molar-refractivity contribution in [2.45, 2.75) is 6.61 Å². The van der Waals surface area contributed by atoms with Gasteiger partial charge < -0.3 is 4.74 Å². The maximum Gasteiger partial charge on any atom is 0.130 e. The topological polar surface area (TPSA) is 74.6 Å². The fourth-order valence-corrected chi connectivity index (χ4v) is 3.13. The summed E-state index contributed by atoms with van der Waals surface area (Å²) < 4.78 is 7.61. The third-order valence-electron chi connectivity index (χ3n) is 4.68. The number of allylic oxidation sites excluding steroid dienone is 1. The lowest BCUT2D eigenvalue weighted by molar-refractivity contribution is 0.306. The minimum atomic E-state index is 0.0247. The van der Waals surface area contributed by atoms with Gasteiger partial charge in [0.1, 0.15) is 35.8 Å². The quantitative estimate of drug-likeness (QED) is 0.396. The van der Waals surface area contributed by atoms with Crippen molar-refractivity contribution in [1.82, 2.24) is 9.78 Å². The van der Waals surface area contributed by atoms with Crippen LogP contribution in [0.15, 0.2) is 96.7 Å². The van der Waals surface area contributed by atoms with Crippen LogP contribution in [-0.4, -0.2) is 9.78 Å². The maximum absolute atomic E-state index is 9.18. The molecule has 0 N–H and O–H groups in total. The first kappa shape index (κ1) is 19.7. The molecule has 0 aliphatic rings. The molecular formula is C26H18N4O. The van der Waals surface area contributed by atoms with Crippen LogP contribution in [0.5, 0.6) is 5.75 Å². The third kappa shape index (κ3) is 4.70. The Morgan fingerprint density at radius 2 is 1.52 bits per heavy atom. The molecule has 0 saturated carbocycles. The molecule has 0 bridgehead atoms. The number of para-hydroxylation sites is 1. The molecule has 0 aliphatic carbocycles. The van der Waals surface area contributed by atoms with Crippen molar-refractivity contribution in [2.24, 2.45) is 0 Å². The zero-order valence-electron chi connectivity index (χ0n) is 16.6. The Morgan fingerprint density at radius 3 is 2.16 bits per heavy atom. The Bertz CT molecular complexity index is 1260. The number of aromatic nitrogens is 2. The normalized spacial score (nSPS) is 10.0. The van der Waals surface area contributed by atoms with Gasteiger partial charge in [0.25, 0.3) is 0 Å². The predicted octanol–water partition coefficient (Wildman–Crippen LogP) is 5.55. The lowest BCUT2D eigenvalue weighted by atomic mass is 10.1.